The van der Waals surface area contributed by atoms with Crippen LogP contribution in [0.2, 0.25) is 0 Å². The first-order chi connectivity index (χ1) is 8.89. The van der Waals surface area contributed by atoms with Gasteiger partial charge in [-0.15, -0.1) is 11.3 Å². The van der Waals surface area contributed by atoms with Gasteiger partial charge in [0.1, 0.15) is 11.2 Å². The SMILES string of the molecule is CC(C)(C(=O)O)c1csc(Nc2ccc(F)cc2)n1. The van der Waals surface area contributed by atoms with Crippen molar-refractivity contribution in [1.29, 1.82) is 0 Å². The predicted octanol–water partition coefficient (Wildman–Crippen LogP) is 3.39. The average Bonchev–Trinajstić information content (AvgIpc) is 2.81. The van der Waals surface area contributed by atoms with Gasteiger partial charge in [-0.05, 0) is 38.1 Å². The molecule has 0 radical (unpaired) electrons. The molecule has 0 aliphatic rings. The minimum Gasteiger partial charge on any atom is -0.481 e. The maximum Gasteiger partial charge on any atom is 0.315 e. The molecule has 6 heteroatoms. The molecule has 0 amide bonds. The lowest BCUT2D eigenvalue weighted by atomic mass is 9.90. The Hall–Kier alpha value is -1.95. The minimum absolute atomic E-state index is 0.308. The van der Waals surface area contributed by atoms with Gasteiger partial charge < -0.3 is 10.4 Å². The number of carbonyl (C=O) groups is 1. The van der Waals surface area contributed by atoms with Crippen LogP contribution >= 0.6 is 11.3 Å². The first-order valence-corrected chi connectivity index (χ1v) is 6.49. The molecular formula is C13H13FN2O2S. The van der Waals surface area contributed by atoms with Gasteiger partial charge >= 0.3 is 5.97 Å². The van der Waals surface area contributed by atoms with Gasteiger partial charge in [-0.2, -0.15) is 0 Å². The van der Waals surface area contributed by atoms with E-state index in [1.807, 2.05) is 0 Å². The Morgan fingerprint density at radius 3 is 2.58 bits per heavy atom. The quantitative estimate of drug-likeness (QED) is 0.901. The summed E-state index contributed by atoms with van der Waals surface area (Å²) in [6.07, 6.45) is 0. The highest BCUT2D eigenvalue weighted by molar-refractivity contribution is 7.13. The molecule has 4 nitrogen and oxygen atoms in total. The van der Waals surface area contributed by atoms with Crippen LogP contribution in [0.15, 0.2) is 29.6 Å². The fourth-order valence-electron chi connectivity index (χ4n) is 1.38. The monoisotopic (exact) mass is 280 g/mol. The summed E-state index contributed by atoms with van der Waals surface area (Å²) in [7, 11) is 0. The zero-order valence-electron chi connectivity index (χ0n) is 10.5. The summed E-state index contributed by atoms with van der Waals surface area (Å²) in [5, 5.41) is 14.4. The summed E-state index contributed by atoms with van der Waals surface area (Å²) in [4.78, 5) is 15.4. The van der Waals surface area contributed by atoms with Crippen molar-refractivity contribution >= 4 is 28.1 Å². The molecule has 1 aromatic heterocycles. The predicted molar refractivity (Wildman–Crippen MR) is 72.5 cm³/mol. The number of nitrogens with one attached hydrogen (secondary N) is 1. The molecule has 2 rings (SSSR count). The van der Waals surface area contributed by atoms with Crippen LogP contribution in [-0.2, 0) is 10.2 Å². The van der Waals surface area contributed by atoms with Crippen LogP contribution in [0.3, 0.4) is 0 Å². The van der Waals surface area contributed by atoms with E-state index in [1.54, 1.807) is 31.4 Å². The molecule has 0 aliphatic heterocycles. The van der Waals surface area contributed by atoms with Crippen LogP contribution in [0.4, 0.5) is 15.2 Å². The molecule has 2 aromatic rings. The van der Waals surface area contributed by atoms with Gasteiger partial charge in [-0.1, -0.05) is 0 Å². The van der Waals surface area contributed by atoms with Crippen molar-refractivity contribution in [3.8, 4) is 0 Å². The largest absolute Gasteiger partial charge is 0.481 e. The van der Waals surface area contributed by atoms with E-state index < -0.39 is 11.4 Å². The molecule has 19 heavy (non-hydrogen) atoms. The highest BCUT2D eigenvalue weighted by Crippen LogP contribution is 2.28. The minimum atomic E-state index is -1.03. The van der Waals surface area contributed by atoms with Crippen LogP contribution in [0, 0.1) is 5.82 Å². The summed E-state index contributed by atoms with van der Waals surface area (Å²) < 4.78 is 12.8. The molecule has 0 saturated carbocycles. The van der Waals surface area contributed by atoms with Crippen molar-refractivity contribution < 1.29 is 14.3 Å². The number of carboxylic acid groups (broad SMARTS) is 1. The third-order valence-electron chi connectivity index (χ3n) is 2.77. The zero-order chi connectivity index (χ0) is 14.0. The van der Waals surface area contributed by atoms with Gasteiger partial charge in [0.15, 0.2) is 5.13 Å². The second kappa shape index (κ2) is 4.97. The molecule has 1 heterocycles. The third-order valence-corrected chi connectivity index (χ3v) is 3.53. The van der Waals surface area contributed by atoms with E-state index in [0.717, 1.165) is 0 Å². The van der Waals surface area contributed by atoms with Crippen molar-refractivity contribution in [2.24, 2.45) is 0 Å². The molecule has 0 atom stereocenters. The van der Waals surface area contributed by atoms with E-state index in [4.69, 9.17) is 5.11 Å². The smallest absolute Gasteiger partial charge is 0.315 e. The normalized spacial score (nSPS) is 11.3. The van der Waals surface area contributed by atoms with Crippen LogP contribution in [0.1, 0.15) is 19.5 Å². The van der Waals surface area contributed by atoms with Crippen molar-refractivity contribution in [2.45, 2.75) is 19.3 Å². The number of aromatic nitrogens is 1. The summed E-state index contributed by atoms with van der Waals surface area (Å²) in [6.45, 7) is 3.21. The maximum atomic E-state index is 12.8. The Labute approximate surface area is 113 Å². The summed E-state index contributed by atoms with van der Waals surface area (Å²) in [6, 6.07) is 5.88. The van der Waals surface area contributed by atoms with Crippen LogP contribution in [0.25, 0.3) is 0 Å². The zero-order valence-corrected chi connectivity index (χ0v) is 11.3. The van der Waals surface area contributed by atoms with Gasteiger partial charge in [-0.3, -0.25) is 4.79 Å². The summed E-state index contributed by atoms with van der Waals surface area (Å²) >= 11 is 1.31. The number of halogens is 1. The number of rotatable bonds is 4. The van der Waals surface area contributed by atoms with E-state index in [1.165, 1.54) is 23.5 Å². The molecule has 1 aromatic carbocycles. The van der Waals surface area contributed by atoms with E-state index in [9.17, 15) is 9.18 Å². The molecule has 100 valence electrons. The van der Waals surface area contributed by atoms with Gasteiger partial charge in [0, 0.05) is 11.1 Å². The van der Waals surface area contributed by atoms with Gasteiger partial charge in [0.2, 0.25) is 0 Å². The van der Waals surface area contributed by atoms with E-state index >= 15 is 0 Å². The molecule has 0 bridgehead atoms. The fourth-order valence-corrected chi connectivity index (χ4v) is 2.28. The second-order valence-electron chi connectivity index (χ2n) is 4.60. The number of hydrogen-bond donors (Lipinski definition) is 2. The highest BCUT2D eigenvalue weighted by Gasteiger charge is 2.32. The topological polar surface area (TPSA) is 62.2 Å². The molecule has 0 spiro atoms. The van der Waals surface area contributed by atoms with Crippen molar-refractivity contribution in [1.82, 2.24) is 4.98 Å². The molecular weight excluding hydrogens is 267 g/mol. The molecule has 0 aliphatic carbocycles. The Morgan fingerprint density at radius 2 is 2.00 bits per heavy atom. The van der Waals surface area contributed by atoms with Crippen molar-refractivity contribution in [3.05, 3.63) is 41.2 Å². The molecule has 0 fully saturated rings. The lowest BCUT2D eigenvalue weighted by Crippen LogP contribution is -2.28. The number of benzene rings is 1. The molecule has 2 N–H and O–H groups in total. The first kappa shape index (κ1) is 13.5. The average molecular weight is 280 g/mol. The Bertz CT molecular complexity index is 593. The van der Waals surface area contributed by atoms with Crippen molar-refractivity contribution in [2.75, 3.05) is 5.32 Å². The third kappa shape index (κ3) is 2.90. The lowest BCUT2D eigenvalue weighted by Gasteiger charge is -2.15. The number of carboxylic acids is 1. The number of nitrogens with zero attached hydrogens (tertiary/aromatic N) is 1. The Kier molecular flexibility index (Phi) is 3.53. The van der Waals surface area contributed by atoms with Gasteiger partial charge in [0.05, 0.1) is 5.69 Å². The maximum absolute atomic E-state index is 12.8. The van der Waals surface area contributed by atoms with E-state index in [0.29, 0.717) is 16.5 Å². The fraction of sp³-hybridized carbons (Fsp3) is 0.231. The number of thiazole rings is 1. The standard InChI is InChI=1S/C13H13FN2O2S/c1-13(2,11(17)18)10-7-19-12(16-10)15-9-5-3-8(14)4-6-9/h3-7H,1-2H3,(H,15,16)(H,17,18). The molecule has 0 unspecified atom stereocenters. The van der Waals surface area contributed by atoms with E-state index in [-0.39, 0.29) is 5.82 Å². The summed E-state index contributed by atoms with van der Waals surface area (Å²) in [5.74, 6) is -1.23. The second-order valence-corrected chi connectivity index (χ2v) is 5.46. The van der Waals surface area contributed by atoms with Crippen molar-refractivity contribution in [3.63, 3.8) is 0 Å². The first-order valence-electron chi connectivity index (χ1n) is 5.61. The number of hydrogen-bond acceptors (Lipinski definition) is 4. The highest BCUT2D eigenvalue weighted by atomic mass is 32.1. The molecule has 0 saturated heterocycles. The lowest BCUT2D eigenvalue weighted by molar-refractivity contribution is -0.142. The van der Waals surface area contributed by atoms with Gasteiger partial charge in [-0.25, -0.2) is 9.37 Å². The van der Waals surface area contributed by atoms with Crippen LogP contribution in [0.5, 0.6) is 0 Å². The van der Waals surface area contributed by atoms with Gasteiger partial charge in [0.25, 0.3) is 0 Å². The Morgan fingerprint density at radius 1 is 1.37 bits per heavy atom. The number of anilines is 2. The Balaban J connectivity index is 2.18. The number of aliphatic carboxylic acids is 1. The summed E-state index contributed by atoms with van der Waals surface area (Å²) in [5.41, 5.74) is 0.171. The van der Waals surface area contributed by atoms with Crippen LogP contribution < -0.4 is 5.32 Å². The van der Waals surface area contributed by atoms with E-state index in [2.05, 4.69) is 10.3 Å². The van der Waals surface area contributed by atoms with Crippen LogP contribution in [-0.4, -0.2) is 16.1 Å².